The Morgan fingerprint density at radius 2 is 2.47 bits per heavy atom. The molecule has 1 unspecified atom stereocenters. The topological polar surface area (TPSA) is 66.0 Å². The smallest absolute Gasteiger partial charge is 0.242 e. The van der Waals surface area contributed by atoms with Crippen LogP contribution in [0.5, 0.6) is 0 Å². The maximum atomic E-state index is 11.7. The average Bonchev–Trinajstić information content (AvgIpc) is 2.31. The molecule has 1 aromatic heterocycles. The van der Waals surface area contributed by atoms with E-state index < -0.39 is 0 Å². The van der Waals surface area contributed by atoms with Crippen LogP contribution in [-0.2, 0) is 4.79 Å². The van der Waals surface area contributed by atoms with Gasteiger partial charge in [0.2, 0.25) is 5.91 Å². The number of hydrogen-bond donors (Lipinski definition) is 3. The first kappa shape index (κ1) is 10.1. The lowest BCUT2D eigenvalue weighted by atomic mass is 10.2. The van der Waals surface area contributed by atoms with Crippen LogP contribution < -0.4 is 16.0 Å². The molecule has 1 amide bonds. The molecule has 2 heterocycles. The Hall–Kier alpha value is -1.46. The van der Waals surface area contributed by atoms with Gasteiger partial charge in [-0.05, 0) is 12.1 Å². The van der Waals surface area contributed by atoms with Crippen LogP contribution in [0, 0.1) is 0 Å². The molecule has 0 aliphatic carbocycles. The Morgan fingerprint density at radius 3 is 3.13 bits per heavy atom. The first-order valence-corrected chi connectivity index (χ1v) is 5.01. The van der Waals surface area contributed by atoms with E-state index in [1.54, 1.807) is 18.5 Å². The summed E-state index contributed by atoms with van der Waals surface area (Å²) in [6.45, 7) is 2.41. The van der Waals surface area contributed by atoms with E-state index in [1.807, 2.05) is 6.07 Å². The monoisotopic (exact) mass is 206 g/mol. The third-order valence-electron chi connectivity index (χ3n) is 2.29. The van der Waals surface area contributed by atoms with E-state index in [0.29, 0.717) is 6.54 Å². The van der Waals surface area contributed by atoms with Gasteiger partial charge in [-0.3, -0.25) is 9.78 Å². The van der Waals surface area contributed by atoms with E-state index in [4.69, 9.17) is 0 Å². The molecule has 1 saturated heterocycles. The molecule has 0 spiro atoms. The maximum absolute atomic E-state index is 11.7. The second-order valence-corrected chi connectivity index (χ2v) is 3.44. The molecule has 1 fully saturated rings. The van der Waals surface area contributed by atoms with Crippen molar-refractivity contribution in [3.05, 3.63) is 24.5 Å². The molecular weight excluding hydrogens is 192 g/mol. The van der Waals surface area contributed by atoms with Crippen molar-refractivity contribution in [2.24, 2.45) is 0 Å². The van der Waals surface area contributed by atoms with Crippen molar-refractivity contribution >= 4 is 11.6 Å². The van der Waals surface area contributed by atoms with Crippen molar-refractivity contribution in [1.82, 2.24) is 15.6 Å². The van der Waals surface area contributed by atoms with Crippen LogP contribution in [0.25, 0.3) is 0 Å². The van der Waals surface area contributed by atoms with Crippen LogP contribution in [0.15, 0.2) is 24.5 Å². The minimum atomic E-state index is -0.154. The molecule has 0 bridgehead atoms. The van der Waals surface area contributed by atoms with Crippen molar-refractivity contribution < 1.29 is 4.79 Å². The number of amides is 1. The molecule has 1 aliphatic rings. The SMILES string of the molecule is O=C(Nc1cccnc1)C1CNCCN1. The summed E-state index contributed by atoms with van der Waals surface area (Å²) < 4.78 is 0. The Labute approximate surface area is 88.3 Å². The van der Waals surface area contributed by atoms with Crippen LogP contribution in [-0.4, -0.2) is 36.6 Å². The summed E-state index contributed by atoms with van der Waals surface area (Å²) >= 11 is 0. The van der Waals surface area contributed by atoms with Gasteiger partial charge in [-0.15, -0.1) is 0 Å². The van der Waals surface area contributed by atoms with Gasteiger partial charge in [-0.2, -0.15) is 0 Å². The predicted molar refractivity (Wildman–Crippen MR) is 57.5 cm³/mol. The van der Waals surface area contributed by atoms with Crippen molar-refractivity contribution in [3.8, 4) is 0 Å². The summed E-state index contributed by atoms with van der Waals surface area (Å²) in [6, 6.07) is 3.46. The number of nitrogens with one attached hydrogen (secondary N) is 3. The van der Waals surface area contributed by atoms with Gasteiger partial charge in [-0.25, -0.2) is 0 Å². The number of aromatic nitrogens is 1. The van der Waals surface area contributed by atoms with Gasteiger partial charge in [0.05, 0.1) is 17.9 Å². The zero-order valence-corrected chi connectivity index (χ0v) is 8.36. The Kier molecular flexibility index (Phi) is 3.26. The van der Waals surface area contributed by atoms with Crippen molar-refractivity contribution in [2.75, 3.05) is 25.0 Å². The van der Waals surface area contributed by atoms with Gasteiger partial charge >= 0.3 is 0 Å². The van der Waals surface area contributed by atoms with Crippen molar-refractivity contribution in [2.45, 2.75) is 6.04 Å². The lowest BCUT2D eigenvalue weighted by Crippen LogP contribution is -2.54. The number of anilines is 1. The first-order chi connectivity index (χ1) is 7.36. The summed E-state index contributed by atoms with van der Waals surface area (Å²) in [6.07, 6.45) is 3.31. The van der Waals surface area contributed by atoms with Gasteiger partial charge in [0, 0.05) is 25.8 Å². The number of nitrogens with zero attached hydrogens (tertiary/aromatic N) is 1. The first-order valence-electron chi connectivity index (χ1n) is 5.01. The largest absolute Gasteiger partial charge is 0.323 e. The van der Waals surface area contributed by atoms with E-state index in [9.17, 15) is 4.79 Å². The molecule has 1 aromatic rings. The summed E-state index contributed by atoms with van der Waals surface area (Å²) in [4.78, 5) is 15.7. The molecule has 0 saturated carbocycles. The standard InChI is InChI=1S/C10H14N4O/c15-10(9-7-12-4-5-13-9)14-8-2-1-3-11-6-8/h1-3,6,9,12-13H,4-5,7H2,(H,14,15). The highest BCUT2D eigenvalue weighted by Gasteiger charge is 2.19. The third-order valence-corrected chi connectivity index (χ3v) is 2.29. The zero-order valence-electron chi connectivity index (χ0n) is 8.36. The van der Waals surface area contributed by atoms with Crippen LogP contribution >= 0.6 is 0 Å². The minimum Gasteiger partial charge on any atom is -0.323 e. The van der Waals surface area contributed by atoms with Gasteiger partial charge in [0.25, 0.3) is 0 Å². The number of pyridine rings is 1. The Balaban J connectivity index is 1.91. The molecular formula is C10H14N4O. The fraction of sp³-hybridized carbons (Fsp3) is 0.400. The molecule has 3 N–H and O–H groups in total. The fourth-order valence-corrected chi connectivity index (χ4v) is 1.50. The Bertz CT molecular complexity index is 321. The van der Waals surface area contributed by atoms with Crippen molar-refractivity contribution in [1.29, 1.82) is 0 Å². The van der Waals surface area contributed by atoms with E-state index in [-0.39, 0.29) is 11.9 Å². The second-order valence-electron chi connectivity index (χ2n) is 3.44. The van der Waals surface area contributed by atoms with Crippen LogP contribution in [0.3, 0.4) is 0 Å². The summed E-state index contributed by atoms with van der Waals surface area (Å²) in [5, 5.41) is 9.11. The average molecular weight is 206 g/mol. The highest BCUT2D eigenvalue weighted by atomic mass is 16.2. The number of hydrogen-bond acceptors (Lipinski definition) is 4. The van der Waals surface area contributed by atoms with Gasteiger partial charge < -0.3 is 16.0 Å². The molecule has 5 nitrogen and oxygen atoms in total. The molecule has 1 aliphatic heterocycles. The van der Waals surface area contributed by atoms with Gasteiger partial charge in [0.1, 0.15) is 0 Å². The maximum Gasteiger partial charge on any atom is 0.242 e. The summed E-state index contributed by atoms with van der Waals surface area (Å²) in [7, 11) is 0. The van der Waals surface area contributed by atoms with Crippen LogP contribution in [0.2, 0.25) is 0 Å². The molecule has 0 radical (unpaired) electrons. The summed E-state index contributed by atoms with van der Waals surface area (Å²) in [5.74, 6) is -0.0183. The Morgan fingerprint density at radius 1 is 1.53 bits per heavy atom. The summed E-state index contributed by atoms with van der Waals surface area (Å²) in [5.41, 5.74) is 0.731. The molecule has 5 heteroatoms. The van der Waals surface area contributed by atoms with Crippen molar-refractivity contribution in [3.63, 3.8) is 0 Å². The fourth-order valence-electron chi connectivity index (χ4n) is 1.50. The van der Waals surface area contributed by atoms with E-state index in [0.717, 1.165) is 18.8 Å². The second kappa shape index (κ2) is 4.86. The van der Waals surface area contributed by atoms with Crippen LogP contribution in [0.1, 0.15) is 0 Å². The highest BCUT2D eigenvalue weighted by Crippen LogP contribution is 2.03. The molecule has 0 aromatic carbocycles. The minimum absolute atomic E-state index is 0.0183. The molecule has 2 rings (SSSR count). The normalized spacial score (nSPS) is 20.9. The van der Waals surface area contributed by atoms with Crippen LogP contribution in [0.4, 0.5) is 5.69 Å². The number of carbonyl (C=O) groups is 1. The van der Waals surface area contributed by atoms with E-state index >= 15 is 0 Å². The highest BCUT2D eigenvalue weighted by molar-refractivity contribution is 5.94. The molecule has 80 valence electrons. The third kappa shape index (κ3) is 2.74. The number of piperazine rings is 1. The zero-order chi connectivity index (χ0) is 10.5. The lowest BCUT2D eigenvalue weighted by Gasteiger charge is -2.23. The van der Waals surface area contributed by atoms with E-state index in [2.05, 4.69) is 20.9 Å². The molecule has 1 atom stereocenters. The van der Waals surface area contributed by atoms with Gasteiger partial charge in [-0.1, -0.05) is 0 Å². The number of carbonyl (C=O) groups excluding carboxylic acids is 1. The quantitative estimate of drug-likeness (QED) is 0.615. The number of rotatable bonds is 2. The lowest BCUT2D eigenvalue weighted by molar-refractivity contribution is -0.118. The molecule has 15 heavy (non-hydrogen) atoms. The van der Waals surface area contributed by atoms with Gasteiger partial charge in [0.15, 0.2) is 0 Å². The predicted octanol–water partition coefficient (Wildman–Crippen LogP) is -0.419. The van der Waals surface area contributed by atoms with E-state index in [1.165, 1.54) is 0 Å².